The molecule has 1 rings (SSSR count). The molecule has 2 unspecified atom stereocenters. The normalized spacial score (nSPS) is 28.3. The first-order valence-corrected chi connectivity index (χ1v) is 9.78. The van der Waals surface area contributed by atoms with Crippen molar-refractivity contribution in [3.8, 4) is 0 Å². The molecule has 0 aromatic rings. The van der Waals surface area contributed by atoms with Gasteiger partial charge in [0.15, 0.2) is 0 Å². The van der Waals surface area contributed by atoms with Crippen molar-refractivity contribution in [2.24, 2.45) is 11.3 Å². The van der Waals surface area contributed by atoms with Gasteiger partial charge in [0, 0.05) is 6.42 Å². The standard InChI is InChI=1S/C14H24O3Si/c1-7-14(13(15)16-3)9-8-12(10-11(14)2)17-18(4,5)6/h7,10-11H,1,8-9H2,2-6H3. The highest BCUT2D eigenvalue weighted by molar-refractivity contribution is 6.70. The second-order valence-corrected chi connectivity index (χ2v) is 10.3. The Hall–Kier alpha value is -1.03. The summed E-state index contributed by atoms with van der Waals surface area (Å²) in [4.78, 5) is 12.0. The number of carbonyl (C=O) groups excluding carboxylic acids is 1. The third-order valence-electron chi connectivity index (χ3n) is 3.40. The van der Waals surface area contributed by atoms with E-state index in [1.54, 1.807) is 6.08 Å². The highest BCUT2D eigenvalue weighted by Gasteiger charge is 2.43. The molecule has 0 fully saturated rings. The molecule has 0 aromatic heterocycles. The summed E-state index contributed by atoms with van der Waals surface area (Å²) in [5, 5.41) is 0. The lowest BCUT2D eigenvalue weighted by Crippen LogP contribution is -2.39. The van der Waals surface area contributed by atoms with Gasteiger partial charge in [-0.25, -0.2) is 0 Å². The molecule has 0 aliphatic heterocycles. The highest BCUT2D eigenvalue weighted by Crippen LogP contribution is 2.42. The monoisotopic (exact) mass is 268 g/mol. The minimum absolute atomic E-state index is 0.0579. The molecule has 0 heterocycles. The number of hydrogen-bond donors (Lipinski definition) is 0. The van der Waals surface area contributed by atoms with Gasteiger partial charge in [-0.3, -0.25) is 4.79 Å². The van der Waals surface area contributed by atoms with Gasteiger partial charge in [-0.1, -0.05) is 13.0 Å². The van der Waals surface area contributed by atoms with Gasteiger partial charge < -0.3 is 9.16 Å². The molecule has 18 heavy (non-hydrogen) atoms. The van der Waals surface area contributed by atoms with Crippen molar-refractivity contribution in [1.29, 1.82) is 0 Å². The molecule has 102 valence electrons. The molecule has 1 aliphatic rings. The van der Waals surface area contributed by atoms with Crippen LogP contribution in [0.2, 0.25) is 19.6 Å². The van der Waals surface area contributed by atoms with Crippen LogP contribution in [-0.2, 0) is 14.0 Å². The van der Waals surface area contributed by atoms with Gasteiger partial charge in [-0.2, -0.15) is 0 Å². The summed E-state index contributed by atoms with van der Waals surface area (Å²) in [6.07, 6.45) is 5.27. The van der Waals surface area contributed by atoms with Crippen LogP contribution in [0.5, 0.6) is 0 Å². The molecule has 0 saturated heterocycles. The Morgan fingerprint density at radius 2 is 2.17 bits per heavy atom. The Morgan fingerprint density at radius 3 is 2.56 bits per heavy atom. The molecule has 3 nitrogen and oxygen atoms in total. The van der Waals surface area contributed by atoms with Crippen molar-refractivity contribution in [2.75, 3.05) is 7.11 Å². The molecular formula is C14H24O3Si. The minimum Gasteiger partial charge on any atom is -0.548 e. The van der Waals surface area contributed by atoms with Gasteiger partial charge in [0.2, 0.25) is 8.32 Å². The van der Waals surface area contributed by atoms with Crippen LogP contribution in [0.25, 0.3) is 0 Å². The Balaban J connectivity index is 2.94. The molecule has 0 bridgehead atoms. The van der Waals surface area contributed by atoms with Crippen LogP contribution in [0.15, 0.2) is 24.5 Å². The largest absolute Gasteiger partial charge is 0.548 e. The lowest BCUT2D eigenvalue weighted by molar-refractivity contribution is -0.152. The molecule has 0 aromatic carbocycles. The first kappa shape index (κ1) is 15.0. The van der Waals surface area contributed by atoms with Gasteiger partial charge in [-0.15, -0.1) is 6.58 Å². The maximum atomic E-state index is 12.0. The van der Waals surface area contributed by atoms with E-state index in [9.17, 15) is 4.79 Å². The highest BCUT2D eigenvalue weighted by atomic mass is 28.4. The lowest BCUT2D eigenvalue weighted by Gasteiger charge is -2.37. The van der Waals surface area contributed by atoms with Crippen LogP contribution in [0.4, 0.5) is 0 Å². The van der Waals surface area contributed by atoms with Gasteiger partial charge >= 0.3 is 5.97 Å². The Morgan fingerprint density at radius 1 is 1.56 bits per heavy atom. The van der Waals surface area contributed by atoms with Crippen molar-refractivity contribution < 1.29 is 14.0 Å². The lowest BCUT2D eigenvalue weighted by atomic mass is 9.69. The SMILES string of the molecule is C=CC1(C(=O)OC)CCC(O[Si](C)(C)C)=CC1C. The van der Waals surface area contributed by atoms with E-state index in [0.29, 0.717) is 6.42 Å². The van der Waals surface area contributed by atoms with E-state index >= 15 is 0 Å². The summed E-state index contributed by atoms with van der Waals surface area (Å²) in [7, 11) is -0.148. The summed E-state index contributed by atoms with van der Waals surface area (Å²) >= 11 is 0. The van der Waals surface area contributed by atoms with E-state index in [4.69, 9.17) is 9.16 Å². The summed E-state index contributed by atoms with van der Waals surface area (Å²) in [6.45, 7) is 12.3. The summed E-state index contributed by atoms with van der Waals surface area (Å²) in [5.74, 6) is 0.874. The van der Waals surface area contributed by atoms with Crippen molar-refractivity contribution in [3.05, 3.63) is 24.5 Å². The fraction of sp³-hybridized carbons (Fsp3) is 0.643. The predicted molar refractivity (Wildman–Crippen MR) is 75.6 cm³/mol. The number of methoxy groups -OCH3 is 1. The zero-order valence-electron chi connectivity index (χ0n) is 12.1. The van der Waals surface area contributed by atoms with Crippen LogP contribution in [0.3, 0.4) is 0 Å². The number of ether oxygens (including phenoxy) is 1. The Bertz CT molecular complexity index is 368. The van der Waals surface area contributed by atoms with Crippen LogP contribution in [-0.4, -0.2) is 21.4 Å². The summed E-state index contributed by atoms with van der Waals surface area (Å²) < 4.78 is 10.9. The molecular weight excluding hydrogens is 244 g/mol. The van der Waals surface area contributed by atoms with Crippen molar-refractivity contribution in [1.82, 2.24) is 0 Å². The maximum Gasteiger partial charge on any atom is 0.316 e. The van der Waals surface area contributed by atoms with Crippen LogP contribution in [0.1, 0.15) is 19.8 Å². The molecule has 1 aliphatic carbocycles. The number of allylic oxidation sites excluding steroid dienone is 2. The first-order valence-electron chi connectivity index (χ1n) is 6.37. The number of hydrogen-bond acceptors (Lipinski definition) is 3. The third-order valence-corrected chi connectivity index (χ3v) is 4.28. The Labute approximate surface area is 111 Å². The topological polar surface area (TPSA) is 35.5 Å². The van der Waals surface area contributed by atoms with Crippen LogP contribution in [0, 0.1) is 11.3 Å². The average Bonchev–Trinajstić information content (AvgIpc) is 2.27. The van der Waals surface area contributed by atoms with Crippen molar-refractivity contribution in [2.45, 2.75) is 39.4 Å². The second-order valence-electron chi connectivity index (χ2n) is 5.87. The molecule has 4 heteroatoms. The zero-order valence-corrected chi connectivity index (χ0v) is 13.1. The summed E-state index contributed by atoms with van der Waals surface area (Å²) in [5.41, 5.74) is -0.596. The fourth-order valence-electron chi connectivity index (χ4n) is 2.40. The summed E-state index contributed by atoms with van der Waals surface area (Å²) in [6, 6.07) is 0. The zero-order chi connectivity index (χ0) is 14.0. The number of carbonyl (C=O) groups is 1. The van der Waals surface area contributed by atoms with Crippen molar-refractivity contribution >= 4 is 14.3 Å². The second kappa shape index (κ2) is 5.30. The van der Waals surface area contributed by atoms with E-state index in [0.717, 1.165) is 12.2 Å². The fourth-order valence-corrected chi connectivity index (χ4v) is 3.35. The van der Waals surface area contributed by atoms with E-state index in [1.807, 2.05) is 6.92 Å². The minimum atomic E-state index is -1.58. The van der Waals surface area contributed by atoms with Crippen molar-refractivity contribution in [3.63, 3.8) is 0 Å². The van der Waals surface area contributed by atoms with Crippen LogP contribution >= 0.6 is 0 Å². The van der Waals surface area contributed by atoms with E-state index in [2.05, 4.69) is 32.3 Å². The molecule has 0 amide bonds. The quantitative estimate of drug-likeness (QED) is 0.445. The van der Waals surface area contributed by atoms with E-state index in [-0.39, 0.29) is 11.9 Å². The molecule has 0 radical (unpaired) electrons. The van der Waals surface area contributed by atoms with Gasteiger partial charge in [-0.05, 0) is 38.1 Å². The molecule has 2 atom stereocenters. The van der Waals surface area contributed by atoms with Gasteiger partial charge in [0.05, 0.1) is 18.3 Å². The van der Waals surface area contributed by atoms with Crippen LogP contribution < -0.4 is 0 Å². The van der Waals surface area contributed by atoms with E-state index < -0.39 is 13.7 Å². The first-order chi connectivity index (χ1) is 8.25. The molecule has 0 saturated carbocycles. The number of esters is 1. The van der Waals surface area contributed by atoms with Gasteiger partial charge in [0.25, 0.3) is 0 Å². The average molecular weight is 268 g/mol. The Kier molecular flexibility index (Phi) is 4.43. The molecule has 0 spiro atoms. The predicted octanol–water partition coefficient (Wildman–Crippen LogP) is 3.50. The third kappa shape index (κ3) is 3.04. The van der Waals surface area contributed by atoms with E-state index in [1.165, 1.54) is 7.11 Å². The smallest absolute Gasteiger partial charge is 0.316 e. The molecule has 0 N–H and O–H groups in total. The number of rotatable bonds is 4. The van der Waals surface area contributed by atoms with Gasteiger partial charge in [0.1, 0.15) is 0 Å². The maximum absolute atomic E-state index is 12.0.